The highest BCUT2D eigenvalue weighted by molar-refractivity contribution is 6.22. The SMILES string of the molecule is CN1C(=O)C2=C(C1=O)N(c1ccccc1)C(N)=C(C#N)C2c1ccc([N+](=O)[O-])cc1. The lowest BCUT2D eigenvalue weighted by molar-refractivity contribution is -0.384. The number of carbonyl (C=O) groups is 2. The number of hydrogen-bond donors (Lipinski definition) is 1. The van der Waals surface area contributed by atoms with Crippen molar-refractivity contribution in [1.82, 2.24) is 4.90 Å². The van der Waals surface area contributed by atoms with Crippen LogP contribution in [0.1, 0.15) is 11.5 Å². The number of nitro benzene ring substituents is 1. The molecule has 2 aliphatic rings. The van der Waals surface area contributed by atoms with Crippen LogP contribution in [0.3, 0.4) is 0 Å². The summed E-state index contributed by atoms with van der Waals surface area (Å²) in [4.78, 5) is 38.8. The van der Waals surface area contributed by atoms with Crippen LogP contribution in [-0.4, -0.2) is 28.7 Å². The van der Waals surface area contributed by atoms with Gasteiger partial charge in [-0.05, 0) is 17.7 Å². The molecule has 2 aliphatic heterocycles. The van der Waals surface area contributed by atoms with Gasteiger partial charge in [-0.15, -0.1) is 0 Å². The summed E-state index contributed by atoms with van der Waals surface area (Å²) in [5.74, 6) is -1.96. The number of amides is 2. The molecule has 2 amide bonds. The predicted octanol–water partition coefficient (Wildman–Crippen LogP) is 2.15. The van der Waals surface area contributed by atoms with Crippen molar-refractivity contribution < 1.29 is 14.5 Å². The van der Waals surface area contributed by atoms with E-state index in [1.807, 2.05) is 0 Å². The fraction of sp³-hybridized carbons (Fsp3) is 0.0952. The molecule has 2 aromatic rings. The quantitative estimate of drug-likeness (QED) is 0.473. The number of para-hydroxylation sites is 1. The van der Waals surface area contributed by atoms with E-state index in [1.165, 1.54) is 36.2 Å². The predicted molar refractivity (Wildman–Crippen MR) is 106 cm³/mol. The molecule has 0 spiro atoms. The Bertz CT molecular complexity index is 1190. The molecular weight excluding hydrogens is 386 g/mol. The number of imide groups is 1. The molecule has 30 heavy (non-hydrogen) atoms. The van der Waals surface area contributed by atoms with E-state index in [9.17, 15) is 25.0 Å². The fourth-order valence-corrected chi connectivity index (χ4v) is 3.75. The van der Waals surface area contributed by atoms with Gasteiger partial charge in [0, 0.05) is 24.9 Å². The summed E-state index contributed by atoms with van der Waals surface area (Å²) in [6.07, 6.45) is 0. The molecule has 0 aliphatic carbocycles. The maximum atomic E-state index is 13.0. The average Bonchev–Trinajstić information content (AvgIpc) is 2.97. The molecule has 2 heterocycles. The molecule has 1 unspecified atom stereocenters. The lowest BCUT2D eigenvalue weighted by atomic mass is 9.81. The molecule has 2 aromatic carbocycles. The largest absolute Gasteiger partial charge is 0.384 e. The first-order valence-electron chi connectivity index (χ1n) is 8.92. The van der Waals surface area contributed by atoms with E-state index in [2.05, 4.69) is 6.07 Å². The van der Waals surface area contributed by atoms with Gasteiger partial charge < -0.3 is 5.73 Å². The molecular formula is C21H15N5O4. The smallest absolute Gasteiger partial charge is 0.278 e. The number of anilines is 1. The number of likely N-dealkylation sites (N-methyl/N-ethyl adjacent to an activating group) is 1. The molecule has 0 saturated carbocycles. The van der Waals surface area contributed by atoms with Crippen LogP contribution in [0.2, 0.25) is 0 Å². The zero-order valence-corrected chi connectivity index (χ0v) is 15.8. The zero-order valence-electron chi connectivity index (χ0n) is 15.8. The Morgan fingerprint density at radius 2 is 1.70 bits per heavy atom. The molecule has 0 radical (unpaired) electrons. The van der Waals surface area contributed by atoms with Crippen molar-refractivity contribution in [3.05, 3.63) is 92.9 Å². The maximum absolute atomic E-state index is 13.0. The van der Waals surface area contributed by atoms with Gasteiger partial charge in [-0.2, -0.15) is 5.26 Å². The van der Waals surface area contributed by atoms with Gasteiger partial charge in [0.15, 0.2) is 0 Å². The normalized spacial score (nSPS) is 18.6. The molecule has 4 rings (SSSR count). The van der Waals surface area contributed by atoms with E-state index < -0.39 is 22.7 Å². The number of carbonyl (C=O) groups excluding carboxylic acids is 2. The molecule has 2 N–H and O–H groups in total. The third kappa shape index (κ3) is 2.62. The summed E-state index contributed by atoms with van der Waals surface area (Å²) in [7, 11) is 1.36. The highest BCUT2D eigenvalue weighted by Crippen LogP contribution is 2.45. The first kappa shape index (κ1) is 18.9. The summed E-state index contributed by atoms with van der Waals surface area (Å²) < 4.78 is 0. The maximum Gasteiger partial charge on any atom is 0.278 e. The van der Waals surface area contributed by atoms with Gasteiger partial charge in [0.2, 0.25) is 0 Å². The highest BCUT2D eigenvalue weighted by atomic mass is 16.6. The monoisotopic (exact) mass is 401 g/mol. The van der Waals surface area contributed by atoms with Crippen molar-refractivity contribution in [1.29, 1.82) is 5.26 Å². The minimum Gasteiger partial charge on any atom is -0.384 e. The average molecular weight is 401 g/mol. The lowest BCUT2D eigenvalue weighted by Crippen LogP contribution is -2.37. The number of non-ortho nitro benzene ring substituents is 1. The van der Waals surface area contributed by atoms with E-state index in [1.54, 1.807) is 30.3 Å². The highest BCUT2D eigenvalue weighted by Gasteiger charge is 2.48. The third-order valence-electron chi connectivity index (χ3n) is 5.19. The fourth-order valence-electron chi connectivity index (χ4n) is 3.75. The Kier molecular flexibility index (Phi) is 4.32. The van der Waals surface area contributed by atoms with Crippen molar-refractivity contribution in [2.24, 2.45) is 5.73 Å². The van der Waals surface area contributed by atoms with Crippen LogP contribution >= 0.6 is 0 Å². The standard InChI is InChI=1S/C21H15N5O4/c1-24-20(27)17-16(12-7-9-14(10-8-12)26(29)30)15(11-22)19(23)25(18(17)21(24)28)13-5-3-2-4-6-13/h2-10,16H,23H2,1H3. The van der Waals surface area contributed by atoms with Gasteiger partial charge in [0.1, 0.15) is 11.5 Å². The molecule has 9 nitrogen and oxygen atoms in total. The van der Waals surface area contributed by atoms with E-state index in [0.29, 0.717) is 11.3 Å². The Labute approximate surface area is 171 Å². The number of benzene rings is 2. The number of nitro groups is 1. The van der Waals surface area contributed by atoms with Gasteiger partial charge in [-0.1, -0.05) is 30.3 Å². The number of nitrogens with zero attached hydrogens (tertiary/aromatic N) is 4. The van der Waals surface area contributed by atoms with Crippen molar-refractivity contribution in [3.8, 4) is 6.07 Å². The number of rotatable bonds is 3. The minimum absolute atomic E-state index is 0.0299. The number of nitrogens with two attached hydrogens (primary N) is 1. The Morgan fingerprint density at radius 1 is 1.07 bits per heavy atom. The summed E-state index contributed by atoms with van der Waals surface area (Å²) >= 11 is 0. The Hall–Kier alpha value is -4.45. The van der Waals surface area contributed by atoms with Crippen LogP contribution in [0.25, 0.3) is 0 Å². The lowest BCUT2D eigenvalue weighted by Gasteiger charge is -2.33. The van der Waals surface area contributed by atoms with Gasteiger partial charge >= 0.3 is 0 Å². The first-order chi connectivity index (χ1) is 14.4. The molecule has 0 aromatic heterocycles. The molecule has 9 heteroatoms. The summed E-state index contributed by atoms with van der Waals surface area (Å²) in [6, 6.07) is 16.3. The number of nitriles is 1. The minimum atomic E-state index is -0.910. The van der Waals surface area contributed by atoms with E-state index in [0.717, 1.165) is 4.90 Å². The number of hydrogen-bond acceptors (Lipinski definition) is 7. The van der Waals surface area contributed by atoms with Gasteiger partial charge in [-0.3, -0.25) is 29.5 Å². The van der Waals surface area contributed by atoms with E-state index >= 15 is 0 Å². The van der Waals surface area contributed by atoms with Crippen LogP contribution in [0.4, 0.5) is 11.4 Å². The van der Waals surface area contributed by atoms with Gasteiger partial charge in [0.25, 0.3) is 17.5 Å². The van der Waals surface area contributed by atoms with Crippen LogP contribution in [0.15, 0.2) is 77.3 Å². The summed E-state index contributed by atoms with van der Waals surface area (Å²) in [5.41, 5.74) is 7.48. The Balaban J connectivity index is 1.97. The third-order valence-corrected chi connectivity index (χ3v) is 5.19. The van der Waals surface area contributed by atoms with Crippen LogP contribution in [-0.2, 0) is 9.59 Å². The Morgan fingerprint density at radius 3 is 2.27 bits per heavy atom. The van der Waals surface area contributed by atoms with E-state index in [4.69, 9.17) is 5.73 Å². The topological polar surface area (TPSA) is 134 Å². The summed E-state index contributed by atoms with van der Waals surface area (Å²) in [5, 5.41) is 20.9. The zero-order chi connectivity index (χ0) is 21.6. The second-order valence-electron chi connectivity index (χ2n) is 6.79. The van der Waals surface area contributed by atoms with Crippen molar-refractivity contribution in [2.75, 3.05) is 11.9 Å². The molecule has 0 fully saturated rings. The van der Waals surface area contributed by atoms with Crippen molar-refractivity contribution in [3.63, 3.8) is 0 Å². The molecule has 148 valence electrons. The second kappa shape index (κ2) is 6.86. The number of allylic oxidation sites excluding steroid dienone is 1. The second-order valence-corrected chi connectivity index (χ2v) is 6.79. The van der Waals surface area contributed by atoms with Crippen molar-refractivity contribution in [2.45, 2.75) is 5.92 Å². The van der Waals surface area contributed by atoms with E-state index in [-0.39, 0.29) is 28.4 Å². The van der Waals surface area contributed by atoms with Gasteiger partial charge in [0.05, 0.1) is 28.1 Å². The molecule has 0 bridgehead atoms. The first-order valence-corrected chi connectivity index (χ1v) is 8.92. The van der Waals surface area contributed by atoms with Gasteiger partial charge in [-0.25, -0.2) is 0 Å². The molecule has 0 saturated heterocycles. The molecule has 1 atom stereocenters. The van der Waals surface area contributed by atoms with Crippen LogP contribution in [0.5, 0.6) is 0 Å². The summed E-state index contributed by atoms with van der Waals surface area (Å²) in [6.45, 7) is 0. The van der Waals surface area contributed by atoms with Crippen molar-refractivity contribution >= 4 is 23.2 Å². The van der Waals surface area contributed by atoms with Crippen LogP contribution in [0, 0.1) is 21.4 Å². The van der Waals surface area contributed by atoms with Crippen LogP contribution < -0.4 is 10.6 Å².